The fourth-order valence-electron chi connectivity index (χ4n) is 1.64. The third kappa shape index (κ3) is 5.91. The lowest BCUT2D eigenvalue weighted by atomic mass is 10.3. The van der Waals surface area contributed by atoms with Crippen molar-refractivity contribution in [2.75, 3.05) is 19.4 Å². The van der Waals surface area contributed by atoms with Crippen LogP contribution in [0.2, 0.25) is 0 Å². The van der Waals surface area contributed by atoms with Crippen LogP contribution in [0.1, 0.15) is 0 Å². The molecule has 1 aromatic heterocycles. The standard InChI is InChI=1S/C13H12F3N5O4S/c1-24-11(23)6-17-10(22)7-26-12-18-19-20-21(12)8-2-4-9(5-3-8)25-13(14,15)16/h2-5H,6-7H2,1H3,(H,17,22). The Hall–Kier alpha value is -2.83. The summed E-state index contributed by atoms with van der Waals surface area (Å²) in [6.45, 7) is -0.262. The van der Waals surface area contributed by atoms with E-state index in [2.05, 4.69) is 30.3 Å². The van der Waals surface area contributed by atoms with Gasteiger partial charge in [-0.15, -0.1) is 18.3 Å². The molecule has 0 saturated heterocycles. The van der Waals surface area contributed by atoms with Crippen molar-refractivity contribution in [1.82, 2.24) is 25.5 Å². The van der Waals surface area contributed by atoms with Gasteiger partial charge in [0, 0.05) is 0 Å². The highest BCUT2D eigenvalue weighted by Gasteiger charge is 2.31. The van der Waals surface area contributed by atoms with Gasteiger partial charge in [0.05, 0.1) is 18.6 Å². The third-order valence-electron chi connectivity index (χ3n) is 2.75. The van der Waals surface area contributed by atoms with E-state index in [9.17, 15) is 22.8 Å². The summed E-state index contributed by atoms with van der Waals surface area (Å²) in [5, 5.41) is 13.5. The lowest BCUT2D eigenvalue weighted by Crippen LogP contribution is -2.31. The fraction of sp³-hybridized carbons (Fsp3) is 0.308. The third-order valence-corrected chi connectivity index (χ3v) is 3.67. The average Bonchev–Trinajstić information content (AvgIpc) is 3.05. The van der Waals surface area contributed by atoms with E-state index in [0.29, 0.717) is 5.69 Å². The van der Waals surface area contributed by atoms with Gasteiger partial charge in [-0.1, -0.05) is 11.8 Å². The van der Waals surface area contributed by atoms with Crippen LogP contribution in [0.5, 0.6) is 5.75 Å². The number of alkyl halides is 3. The first-order chi connectivity index (χ1) is 12.3. The number of amides is 1. The summed E-state index contributed by atoms with van der Waals surface area (Å²) >= 11 is 0.982. The maximum absolute atomic E-state index is 12.2. The molecule has 1 amide bonds. The molecular formula is C13H12F3N5O4S. The lowest BCUT2D eigenvalue weighted by molar-refractivity contribution is -0.274. The van der Waals surface area contributed by atoms with Crippen LogP contribution in [0.25, 0.3) is 5.69 Å². The number of nitrogens with one attached hydrogen (secondary N) is 1. The number of nitrogens with zero attached hydrogens (tertiary/aromatic N) is 4. The van der Waals surface area contributed by atoms with Gasteiger partial charge in [-0.2, -0.15) is 4.68 Å². The Labute approximate surface area is 148 Å². The van der Waals surface area contributed by atoms with Crippen molar-refractivity contribution < 1.29 is 32.2 Å². The van der Waals surface area contributed by atoms with E-state index in [1.807, 2.05) is 0 Å². The molecule has 13 heteroatoms. The highest BCUT2D eigenvalue weighted by molar-refractivity contribution is 7.99. The normalized spacial score (nSPS) is 11.1. The molecule has 1 heterocycles. The average molecular weight is 391 g/mol. The van der Waals surface area contributed by atoms with Crippen molar-refractivity contribution in [3.63, 3.8) is 0 Å². The molecule has 2 rings (SSSR count). The monoisotopic (exact) mass is 391 g/mol. The molecule has 1 aromatic carbocycles. The van der Waals surface area contributed by atoms with Gasteiger partial charge in [-0.25, -0.2) is 0 Å². The Balaban J connectivity index is 1.97. The molecule has 0 atom stereocenters. The minimum absolute atomic E-state index is 0.0767. The molecule has 26 heavy (non-hydrogen) atoms. The predicted molar refractivity (Wildman–Crippen MR) is 81.6 cm³/mol. The summed E-state index contributed by atoms with van der Waals surface area (Å²) in [5.41, 5.74) is 0.377. The van der Waals surface area contributed by atoms with Crippen LogP contribution in [0.3, 0.4) is 0 Å². The predicted octanol–water partition coefficient (Wildman–Crippen LogP) is 0.942. The van der Waals surface area contributed by atoms with E-state index in [0.717, 1.165) is 23.9 Å². The number of halogens is 3. The number of esters is 1. The van der Waals surface area contributed by atoms with Gasteiger partial charge in [-0.3, -0.25) is 9.59 Å². The molecule has 0 spiro atoms. The number of hydrogen-bond donors (Lipinski definition) is 1. The Morgan fingerprint density at radius 2 is 1.96 bits per heavy atom. The highest BCUT2D eigenvalue weighted by atomic mass is 32.2. The summed E-state index contributed by atoms with van der Waals surface area (Å²) in [6.07, 6.45) is -4.78. The van der Waals surface area contributed by atoms with Gasteiger partial charge in [0.2, 0.25) is 11.1 Å². The van der Waals surface area contributed by atoms with E-state index >= 15 is 0 Å². The number of methoxy groups -OCH3 is 1. The Morgan fingerprint density at radius 1 is 1.27 bits per heavy atom. The van der Waals surface area contributed by atoms with Crippen LogP contribution in [0.15, 0.2) is 29.4 Å². The molecule has 0 unspecified atom stereocenters. The summed E-state index contributed by atoms with van der Waals surface area (Å²) in [4.78, 5) is 22.6. The van der Waals surface area contributed by atoms with Gasteiger partial charge < -0.3 is 14.8 Å². The Morgan fingerprint density at radius 3 is 2.58 bits per heavy atom. The molecule has 0 saturated carbocycles. The first-order valence-electron chi connectivity index (χ1n) is 6.89. The second-order valence-electron chi connectivity index (χ2n) is 4.56. The van der Waals surface area contributed by atoms with Gasteiger partial charge >= 0.3 is 12.3 Å². The zero-order valence-corrected chi connectivity index (χ0v) is 14.0. The summed E-state index contributed by atoms with van der Waals surface area (Å²) < 4.78 is 45.9. The smallest absolute Gasteiger partial charge is 0.468 e. The van der Waals surface area contributed by atoms with Crippen molar-refractivity contribution in [2.24, 2.45) is 0 Å². The number of ether oxygens (including phenoxy) is 2. The van der Waals surface area contributed by atoms with Crippen molar-refractivity contribution in [3.05, 3.63) is 24.3 Å². The SMILES string of the molecule is COC(=O)CNC(=O)CSc1nnnn1-c1ccc(OC(F)(F)F)cc1. The maximum Gasteiger partial charge on any atom is 0.573 e. The van der Waals surface area contributed by atoms with Crippen LogP contribution in [-0.4, -0.2) is 57.9 Å². The molecule has 0 aliphatic carbocycles. The molecule has 0 bridgehead atoms. The number of rotatable bonds is 7. The highest BCUT2D eigenvalue weighted by Crippen LogP contribution is 2.24. The minimum Gasteiger partial charge on any atom is -0.468 e. The molecule has 140 valence electrons. The van der Waals surface area contributed by atoms with Crippen molar-refractivity contribution in [2.45, 2.75) is 11.5 Å². The summed E-state index contributed by atoms with van der Waals surface area (Å²) in [6, 6.07) is 4.89. The number of tetrazole rings is 1. The van der Waals surface area contributed by atoms with Crippen LogP contribution in [-0.2, 0) is 14.3 Å². The molecule has 0 aliphatic rings. The van der Waals surface area contributed by atoms with Gasteiger partial charge in [-0.05, 0) is 34.7 Å². The van der Waals surface area contributed by atoms with Crippen molar-refractivity contribution in [3.8, 4) is 11.4 Å². The van der Waals surface area contributed by atoms with Crippen LogP contribution < -0.4 is 10.1 Å². The second kappa shape index (κ2) is 8.51. The van der Waals surface area contributed by atoms with Gasteiger partial charge in [0.1, 0.15) is 12.3 Å². The van der Waals surface area contributed by atoms with Crippen molar-refractivity contribution >= 4 is 23.6 Å². The maximum atomic E-state index is 12.2. The zero-order chi connectivity index (χ0) is 19.2. The zero-order valence-electron chi connectivity index (χ0n) is 13.2. The van der Waals surface area contributed by atoms with Gasteiger partial charge in [0.15, 0.2) is 0 Å². The number of carbonyl (C=O) groups is 2. The topological polar surface area (TPSA) is 108 Å². The number of carbonyl (C=O) groups excluding carboxylic acids is 2. The molecule has 0 aliphatic heterocycles. The minimum atomic E-state index is -4.78. The van der Waals surface area contributed by atoms with Crippen LogP contribution in [0, 0.1) is 0 Å². The quantitative estimate of drug-likeness (QED) is 0.549. The number of thioether (sulfide) groups is 1. The van der Waals surface area contributed by atoms with Gasteiger partial charge in [0.25, 0.3) is 0 Å². The Kier molecular flexibility index (Phi) is 6.38. The molecule has 0 fully saturated rings. The second-order valence-corrected chi connectivity index (χ2v) is 5.50. The Bertz CT molecular complexity index is 766. The van der Waals surface area contributed by atoms with E-state index < -0.39 is 18.2 Å². The first kappa shape index (κ1) is 19.5. The number of aromatic nitrogens is 4. The van der Waals surface area contributed by atoms with Crippen molar-refractivity contribution in [1.29, 1.82) is 0 Å². The van der Waals surface area contributed by atoms with E-state index in [1.54, 1.807) is 0 Å². The van der Waals surface area contributed by atoms with E-state index in [1.165, 1.54) is 23.9 Å². The first-order valence-corrected chi connectivity index (χ1v) is 7.88. The van der Waals surface area contributed by atoms with Crippen LogP contribution in [0.4, 0.5) is 13.2 Å². The largest absolute Gasteiger partial charge is 0.573 e. The van der Waals surface area contributed by atoms with E-state index in [-0.39, 0.29) is 23.2 Å². The van der Waals surface area contributed by atoms with E-state index in [4.69, 9.17) is 0 Å². The van der Waals surface area contributed by atoms with Crippen LogP contribution >= 0.6 is 11.8 Å². The number of hydrogen-bond acceptors (Lipinski definition) is 8. The molecule has 0 radical (unpaired) electrons. The summed E-state index contributed by atoms with van der Waals surface area (Å²) in [7, 11) is 1.20. The summed E-state index contributed by atoms with van der Waals surface area (Å²) in [5.74, 6) is -1.49. The lowest BCUT2D eigenvalue weighted by Gasteiger charge is -2.09. The number of benzene rings is 1. The molecule has 1 N–H and O–H groups in total. The molecular weight excluding hydrogens is 379 g/mol. The molecule has 9 nitrogen and oxygen atoms in total. The fourth-order valence-corrected chi connectivity index (χ4v) is 2.36. The molecule has 2 aromatic rings.